The van der Waals surface area contributed by atoms with Gasteiger partial charge in [-0.25, -0.2) is 0 Å². The molecular formula is C10H17NO. The Balaban J connectivity index is 4.33. The summed E-state index contributed by atoms with van der Waals surface area (Å²) in [6.45, 7) is 9.17. The molecule has 0 fully saturated rings. The van der Waals surface area contributed by atoms with Crippen molar-refractivity contribution >= 4 is 5.91 Å². The SMILES string of the molecule is C#CC(C)(C)NC(=O)C(C)(C)C. The first-order chi connectivity index (χ1) is 5.19. The molecule has 0 unspecified atom stereocenters. The van der Waals surface area contributed by atoms with Crippen molar-refractivity contribution in [1.82, 2.24) is 5.32 Å². The highest BCUT2D eigenvalue weighted by Gasteiger charge is 2.26. The molecule has 0 saturated heterocycles. The fourth-order valence-corrected chi connectivity index (χ4v) is 0.507. The second-order valence-corrected chi connectivity index (χ2v) is 4.47. The average Bonchev–Trinajstić information content (AvgIpc) is 1.85. The highest BCUT2D eigenvalue weighted by Crippen LogP contribution is 2.14. The molecule has 0 bridgehead atoms. The third kappa shape index (κ3) is 3.43. The molecule has 0 aliphatic carbocycles. The van der Waals surface area contributed by atoms with Crippen LogP contribution in [-0.4, -0.2) is 11.4 Å². The second-order valence-electron chi connectivity index (χ2n) is 4.47. The van der Waals surface area contributed by atoms with Crippen LogP contribution in [0.4, 0.5) is 0 Å². The van der Waals surface area contributed by atoms with Gasteiger partial charge in [0.25, 0.3) is 0 Å². The smallest absolute Gasteiger partial charge is 0.226 e. The van der Waals surface area contributed by atoms with E-state index in [0.717, 1.165) is 0 Å². The third-order valence-electron chi connectivity index (χ3n) is 1.47. The minimum Gasteiger partial charge on any atom is -0.340 e. The maximum absolute atomic E-state index is 11.4. The van der Waals surface area contributed by atoms with Crippen molar-refractivity contribution in [2.75, 3.05) is 0 Å². The fourth-order valence-electron chi connectivity index (χ4n) is 0.507. The lowest BCUT2D eigenvalue weighted by Crippen LogP contribution is -2.47. The quantitative estimate of drug-likeness (QED) is 0.590. The van der Waals surface area contributed by atoms with Crippen LogP contribution in [0.3, 0.4) is 0 Å². The van der Waals surface area contributed by atoms with Crippen molar-refractivity contribution in [3.63, 3.8) is 0 Å². The number of rotatable bonds is 1. The molecule has 1 amide bonds. The average molecular weight is 167 g/mol. The van der Waals surface area contributed by atoms with Crippen LogP contribution in [0, 0.1) is 17.8 Å². The maximum atomic E-state index is 11.4. The van der Waals surface area contributed by atoms with Gasteiger partial charge in [0.1, 0.15) is 0 Å². The summed E-state index contributed by atoms with van der Waals surface area (Å²) in [5.74, 6) is 2.49. The van der Waals surface area contributed by atoms with E-state index in [1.54, 1.807) is 13.8 Å². The van der Waals surface area contributed by atoms with Crippen LogP contribution < -0.4 is 5.32 Å². The summed E-state index contributed by atoms with van der Waals surface area (Å²) < 4.78 is 0. The standard InChI is InChI=1S/C10H17NO/c1-7-10(5,6)11-8(12)9(2,3)4/h1H,2-6H3,(H,11,12). The fraction of sp³-hybridized carbons (Fsp3) is 0.700. The zero-order valence-electron chi connectivity index (χ0n) is 8.49. The number of carbonyl (C=O) groups excluding carboxylic acids is 1. The van der Waals surface area contributed by atoms with E-state index >= 15 is 0 Å². The predicted octanol–water partition coefficient (Wildman–Crippen LogP) is 1.56. The third-order valence-corrected chi connectivity index (χ3v) is 1.47. The predicted molar refractivity (Wildman–Crippen MR) is 50.5 cm³/mol. The maximum Gasteiger partial charge on any atom is 0.226 e. The van der Waals surface area contributed by atoms with Crippen LogP contribution in [0.25, 0.3) is 0 Å². The van der Waals surface area contributed by atoms with Gasteiger partial charge in [0.05, 0.1) is 5.54 Å². The van der Waals surface area contributed by atoms with Crippen molar-refractivity contribution in [1.29, 1.82) is 0 Å². The van der Waals surface area contributed by atoms with Gasteiger partial charge < -0.3 is 5.32 Å². The van der Waals surface area contributed by atoms with Crippen molar-refractivity contribution < 1.29 is 4.79 Å². The lowest BCUT2D eigenvalue weighted by atomic mass is 9.93. The first kappa shape index (κ1) is 11.0. The summed E-state index contributed by atoms with van der Waals surface area (Å²) in [6, 6.07) is 0. The van der Waals surface area contributed by atoms with E-state index < -0.39 is 5.54 Å². The molecule has 0 aromatic heterocycles. The van der Waals surface area contributed by atoms with Gasteiger partial charge in [-0.1, -0.05) is 26.7 Å². The monoisotopic (exact) mass is 167 g/mol. The van der Waals surface area contributed by atoms with Crippen LogP contribution in [0.15, 0.2) is 0 Å². The molecule has 0 aliphatic rings. The lowest BCUT2D eigenvalue weighted by Gasteiger charge is -2.25. The summed E-state index contributed by atoms with van der Waals surface area (Å²) >= 11 is 0. The summed E-state index contributed by atoms with van der Waals surface area (Å²) in [5.41, 5.74) is -0.932. The number of hydrogen-bond donors (Lipinski definition) is 1. The van der Waals surface area contributed by atoms with Crippen LogP contribution >= 0.6 is 0 Å². The Morgan fingerprint density at radius 1 is 1.25 bits per heavy atom. The Morgan fingerprint density at radius 2 is 1.67 bits per heavy atom. The zero-order chi connectivity index (χ0) is 9.99. The molecular weight excluding hydrogens is 150 g/mol. The largest absolute Gasteiger partial charge is 0.340 e. The van der Waals surface area contributed by atoms with Gasteiger partial charge >= 0.3 is 0 Å². The minimum absolute atomic E-state index is 0.0227. The Morgan fingerprint density at radius 3 is 1.92 bits per heavy atom. The van der Waals surface area contributed by atoms with E-state index in [9.17, 15) is 4.79 Å². The molecule has 0 aromatic carbocycles. The van der Waals surface area contributed by atoms with E-state index in [2.05, 4.69) is 11.2 Å². The van der Waals surface area contributed by atoms with Gasteiger partial charge in [-0.2, -0.15) is 0 Å². The molecule has 68 valence electrons. The first-order valence-electron chi connectivity index (χ1n) is 3.99. The van der Waals surface area contributed by atoms with Crippen molar-refractivity contribution in [3.05, 3.63) is 0 Å². The van der Waals surface area contributed by atoms with Crippen LogP contribution in [-0.2, 0) is 4.79 Å². The molecule has 2 heteroatoms. The van der Waals surface area contributed by atoms with Crippen LogP contribution in [0.5, 0.6) is 0 Å². The second kappa shape index (κ2) is 3.18. The van der Waals surface area contributed by atoms with Gasteiger partial charge in [-0.05, 0) is 13.8 Å². The number of carbonyl (C=O) groups is 1. The number of amides is 1. The first-order valence-corrected chi connectivity index (χ1v) is 3.99. The molecule has 0 aromatic rings. The van der Waals surface area contributed by atoms with Crippen molar-refractivity contribution in [2.24, 2.45) is 5.41 Å². The van der Waals surface area contributed by atoms with E-state index in [1.165, 1.54) is 0 Å². The molecule has 12 heavy (non-hydrogen) atoms. The number of terminal acetylenes is 1. The molecule has 0 aliphatic heterocycles. The highest BCUT2D eigenvalue weighted by atomic mass is 16.2. The van der Waals surface area contributed by atoms with Crippen molar-refractivity contribution in [3.8, 4) is 12.3 Å². The minimum atomic E-state index is -0.551. The molecule has 0 heterocycles. The molecule has 1 N–H and O–H groups in total. The molecule has 0 atom stereocenters. The molecule has 0 radical (unpaired) electrons. The van der Waals surface area contributed by atoms with Gasteiger partial charge in [0, 0.05) is 5.41 Å². The highest BCUT2D eigenvalue weighted by molar-refractivity contribution is 5.82. The molecule has 0 spiro atoms. The van der Waals surface area contributed by atoms with Gasteiger partial charge in [-0.3, -0.25) is 4.79 Å². The Hall–Kier alpha value is -0.970. The van der Waals surface area contributed by atoms with E-state index in [1.807, 2.05) is 20.8 Å². The summed E-state index contributed by atoms with van der Waals surface area (Å²) in [5, 5.41) is 2.77. The molecule has 0 rings (SSSR count). The van der Waals surface area contributed by atoms with Crippen LogP contribution in [0.1, 0.15) is 34.6 Å². The topological polar surface area (TPSA) is 29.1 Å². The van der Waals surface area contributed by atoms with E-state index in [-0.39, 0.29) is 11.3 Å². The van der Waals surface area contributed by atoms with E-state index in [0.29, 0.717) is 0 Å². The molecule has 0 saturated carbocycles. The lowest BCUT2D eigenvalue weighted by molar-refractivity contribution is -0.129. The summed E-state index contributed by atoms with van der Waals surface area (Å²) in [6.07, 6.45) is 5.23. The zero-order valence-corrected chi connectivity index (χ0v) is 8.49. The molecule has 2 nitrogen and oxygen atoms in total. The van der Waals surface area contributed by atoms with Crippen LogP contribution in [0.2, 0.25) is 0 Å². The number of hydrogen-bond acceptors (Lipinski definition) is 1. The Labute approximate surface area is 74.7 Å². The Bertz CT molecular complexity index is 215. The van der Waals surface area contributed by atoms with Gasteiger partial charge in [-0.15, -0.1) is 6.42 Å². The summed E-state index contributed by atoms with van der Waals surface area (Å²) in [7, 11) is 0. The number of nitrogens with one attached hydrogen (secondary N) is 1. The van der Waals surface area contributed by atoms with Crippen molar-refractivity contribution in [2.45, 2.75) is 40.2 Å². The van der Waals surface area contributed by atoms with E-state index in [4.69, 9.17) is 6.42 Å². The summed E-state index contributed by atoms with van der Waals surface area (Å²) in [4.78, 5) is 11.4. The normalized spacial score (nSPS) is 12.0. The Kier molecular flexibility index (Phi) is 2.93. The van der Waals surface area contributed by atoms with Gasteiger partial charge in [0.2, 0.25) is 5.91 Å². The van der Waals surface area contributed by atoms with Gasteiger partial charge in [0.15, 0.2) is 0 Å².